The molecule has 0 amide bonds. The van der Waals surface area contributed by atoms with Crippen LogP contribution in [0.4, 0.5) is 0 Å². The number of morpholine rings is 1. The predicted molar refractivity (Wildman–Crippen MR) is 102 cm³/mol. The van der Waals surface area contributed by atoms with E-state index in [9.17, 15) is 0 Å². The number of aliphatic imine (C=N–C) groups is 1. The van der Waals surface area contributed by atoms with Gasteiger partial charge in [0.25, 0.3) is 0 Å². The molecule has 1 saturated heterocycles. The Labute approximate surface area is 150 Å². The minimum absolute atomic E-state index is 0.499. The summed E-state index contributed by atoms with van der Waals surface area (Å²) in [6.07, 6.45) is 1.75. The van der Waals surface area contributed by atoms with Gasteiger partial charge in [-0.15, -0.1) is 0 Å². The normalized spacial score (nSPS) is 15.6. The molecule has 1 aromatic rings. The molecule has 0 radical (unpaired) electrons. The maximum atomic E-state index is 5.69. The van der Waals surface area contributed by atoms with Crippen LogP contribution in [0.5, 0.6) is 5.75 Å². The zero-order valence-electron chi connectivity index (χ0n) is 15.2. The molecule has 6 nitrogen and oxygen atoms in total. The van der Waals surface area contributed by atoms with E-state index in [-0.39, 0.29) is 0 Å². The fraction of sp³-hybridized carbons (Fsp3) is 0.526. The van der Waals surface area contributed by atoms with Gasteiger partial charge in [0.2, 0.25) is 0 Å². The summed E-state index contributed by atoms with van der Waals surface area (Å²) in [5, 5.41) is 6.69. The van der Waals surface area contributed by atoms with Crippen molar-refractivity contribution in [1.82, 2.24) is 15.5 Å². The number of nitrogens with one attached hydrogen (secondary N) is 2. The van der Waals surface area contributed by atoms with Gasteiger partial charge < -0.3 is 20.1 Å². The maximum absolute atomic E-state index is 5.69. The smallest absolute Gasteiger partial charge is 0.191 e. The number of benzene rings is 1. The number of hydrogen-bond donors (Lipinski definition) is 2. The van der Waals surface area contributed by atoms with Crippen LogP contribution in [0.2, 0.25) is 0 Å². The van der Waals surface area contributed by atoms with E-state index < -0.39 is 0 Å². The van der Waals surface area contributed by atoms with Crippen molar-refractivity contribution in [2.45, 2.75) is 13.5 Å². The van der Waals surface area contributed by atoms with Gasteiger partial charge in [-0.1, -0.05) is 30.9 Å². The Kier molecular flexibility index (Phi) is 8.86. The summed E-state index contributed by atoms with van der Waals surface area (Å²) in [6, 6.07) is 7.98. The highest BCUT2D eigenvalue weighted by Gasteiger charge is 2.09. The number of para-hydroxylation sites is 1. The van der Waals surface area contributed by atoms with Crippen molar-refractivity contribution in [3.05, 3.63) is 42.5 Å². The Morgan fingerprint density at radius 2 is 2.12 bits per heavy atom. The first-order valence-corrected chi connectivity index (χ1v) is 8.97. The molecule has 0 spiro atoms. The van der Waals surface area contributed by atoms with Crippen LogP contribution in [0.3, 0.4) is 0 Å². The van der Waals surface area contributed by atoms with Crippen LogP contribution in [0.15, 0.2) is 41.9 Å². The molecule has 2 rings (SSSR count). The molecule has 1 aliphatic heterocycles. The highest BCUT2D eigenvalue weighted by Crippen LogP contribution is 2.18. The van der Waals surface area contributed by atoms with Gasteiger partial charge in [-0.05, 0) is 13.0 Å². The Bertz CT molecular complexity index is 542. The monoisotopic (exact) mass is 346 g/mol. The lowest BCUT2D eigenvalue weighted by Gasteiger charge is -2.26. The van der Waals surface area contributed by atoms with Gasteiger partial charge >= 0.3 is 0 Å². The Hall–Kier alpha value is -2.05. The highest BCUT2D eigenvalue weighted by atomic mass is 16.5. The third-order valence-electron chi connectivity index (χ3n) is 3.91. The van der Waals surface area contributed by atoms with Gasteiger partial charge in [0.15, 0.2) is 5.96 Å². The summed E-state index contributed by atoms with van der Waals surface area (Å²) < 4.78 is 11.1. The quantitative estimate of drug-likeness (QED) is 0.404. The zero-order chi connectivity index (χ0) is 17.7. The molecule has 0 aromatic heterocycles. The summed E-state index contributed by atoms with van der Waals surface area (Å²) >= 11 is 0. The second-order valence-electron chi connectivity index (χ2n) is 5.78. The van der Waals surface area contributed by atoms with Crippen LogP contribution in [0.25, 0.3) is 0 Å². The van der Waals surface area contributed by atoms with E-state index in [1.54, 1.807) is 6.08 Å². The van der Waals surface area contributed by atoms with Gasteiger partial charge in [0.1, 0.15) is 12.4 Å². The summed E-state index contributed by atoms with van der Waals surface area (Å²) in [5.41, 5.74) is 1.06. The molecule has 1 aromatic carbocycles. The van der Waals surface area contributed by atoms with Gasteiger partial charge in [-0.2, -0.15) is 0 Å². The summed E-state index contributed by atoms with van der Waals surface area (Å²) in [5.74, 6) is 1.68. The third kappa shape index (κ3) is 7.15. The van der Waals surface area contributed by atoms with Crippen molar-refractivity contribution in [3.63, 3.8) is 0 Å². The first-order chi connectivity index (χ1) is 12.3. The first kappa shape index (κ1) is 19.3. The van der Waals surface area contributed by atoms with E-state index in [0.29, 0.717) is 13.2 Å². The van der Waals surface area contributed by atoms with Crippen molar-refractivity contribution < 1.29 is 9.47 Å². The topological polar surface area (TPSA) is 58.1 Å². The lowest BCUT2D eigenvalue weighted by atomic mass is 10.2. The fourth-order valence-corrected chi connectivity index (χ4v) is 2.59. The predicted octanol–water partition coefficient (Wildman–Crippen LogP) is 1.64. The van der Waals surface area contributed by atoms with E-state index in [1.165, 1.54) is 0 Å². The zero-order valence-corrected chi connectivity index (χ0v) is 15.2. The minimum atomic E-state index is 0.499. The second-order valence-corrected chi connectivity index (χ2v) is 5.78. The minimum Gasteiger partial charge on any atom is -0.489 e. The van der Waals surface area contributed by atoms with E-state index in [2.05, 4.69) is 34.0 Å². The van der Waals surface area contributed by atoms with Crippen molar-refractivity contribution >= 4 is 5.96 Å². The van der Waals surface area contributed by atoms with Crippen LogP contribution in [-0.4, -0.2) is 63.4 Å². The van der Waals surface area contributed by atoms with Gasteiger partial charge in [0, 0.05) is 38.3 Å². The lowest BCUT2D eigenvalue weighted by Crippen LogP contribution is -2.44. The summed E-state index contributed by atoms with van der Waals surface area (Å²) in [7, 11) is 0. The molecular weight excluding hydrogens is 316 g/mol. The van der Waals surface area contributed by atoms with Crippen molar-refractivity contribution in [3.8, 4) is 5.75 Å². The van der Waals surface area contributed by atoms with Gasteiger partial charge in [-0.3, -0.25) is 4.90 Å². The van der Waals surface area contributed by atoms with Crippen molar-refractivity contribution in [2.24, 2.45) is 4.99 Å². The molecule has 25 heavy (non-hydrogen) atoms. The third-order valence-corrected chi connectivity index (χ3v) is 3.91. The van der Waals surface area contributed by atoms with Crippen LogP contribution in [0.1, 0.15) is 12.5 Å². The molecule has 0 saturated carbocycles. The number of hydrogen-bond acceptors (Lipinski definition) is 4. The van der Waals surface area contributed by atoms with E-state index in [1.807, 2.05) is 24.3 Å². The number of rotatable bonds is 9. The molecule has 0 unspecified atom stereocenters. The van der Waals surface area contributed by atoms with Crippen LogP contribution < -0.4 is 15.4 Å². The van der Waals surface area contributed by atoms with Gasteiger partial charge in [-0.25, -0.2) is 4.99 Å². The molecule has 6 heteroatoms. The second kappa shape index (κ2) is 11.5. The highest BCUT2D eigenvalue weighted by molar-refractivity contribution is 5.79. The number of guanidine groups is 1. The van der Waals surface area contributed by atoms with E-state index >= 15 is 0 Å². The molecule has 1 aliphatic rings. The summed E-state index contributed by atoms with van der Waals surface area (Å²) in [4.78, 5) is 7.08. The van der Waals surface area contributed by atoms with Gasteiger partial charge in [0.05, 0.1) is 19.8 Å². The molecule has 0 aliphatic carbocycles. The Balaban J connectivity index is 1.86. The van der Waals surface area contributed by atoms with Crippen LogP contribution in [0, 0.1) is 0 Å². The molecule has 1 fully saturated rings. The molecule has 1 heterocycles. The largest absolute Gasteiger partial charge is 0.489 e. The molecule has 0 bridgehead atoms. The molecule has 0 atom stereocenters. The Morgan fingerprint density at radius 1 is 1.32 bits per heavy atom. The lowest BCUT2D eigenvalue weighted by molar-refractivity contribution is 0.0389. The van der Waals surface area contributed by atoms with Crippen molar-refractivity contribution in [1.29, 1.82) is 0 Å². The average Bonchev–Trinajstić information content (AvgIpc) is 2.66. The van der Waals surface area contributed by atoms with Crippen LogP contribution >= 0.6 is 0 Å². The molecule has 2 N–H and O–H groups in total. The van der Waals surface area contributed by atoms with Crippen molar-refractivity contribution in [2.75, 3.05) is 52.5 Å². The van der Waals surface area contributed by atoms with E-state index in [4.69, 9.17) is 9.47 Å². The SMILES string of the molecule is C=CCOc1ccccc1CN=C(NCC)NCCN1CCOCC1. The van der Waals surface area contributed by atoms with Crippen LogP contribution in [-0.2, 0) is 11.3 Å². The average molecular weight is 346 g/mol. The fourth-order valence-electron chi connectivity index (χ4n) is 2.59. The van der Waals surface area contributed by atoms with E-state index in [0.717, 1.165) is 63.2 Å². The number of nitrogens with zero attached hydrogens (tertiary/aromatic N) is 2. The number of ether oxygens (including phenoxy) is 2. The molecular formula is C19H30N4O2. The molecule has 138 valence electrons. The Morgan fingerprint density at radius 3 is 2.88 bits per heavy atom. The summed E-state index contributed by atoms with van der Waals surface area (Å²) in [6.45, 7) is 13.2. The maximum Gasteiger partial charge on any atom is 0.191 e. The standard InChI is InChI=1S/C19H30N4O2/c1-3-13-25-18-8-6-5-7-17(18)16-22-19(20-4-2)21-9-10-23-11-14-24-15-12-23/h3,5-8H,1,4,9-16H2,2H3,(H2,20,21,22). The first-order valence-electron chi connectivity index (χ1n) is 8.97.